The maximum atomic E-state index is 12.4. The number of rotatable bonds is 5. The highest BCUT2D eigenvalue weighted by Crippen LogP contribution is 2.22. The fourth-order valence-corrected chi connectivity index (χ4v) is 3.17. The van der Waals surface area contributed by atoms with Crippen molar-refractivity contribution in [2.45, 2.75) is 0 Å². The Morgan fingerprint density at radius 2 is 1.79 bits per heavy atom. The molecule has 0 unspecified atom stereocenters. The number of halogens is 2. The number of hydrogen-bond acceptors (Lipinski definition) is 4. The van der Waals surface area contributed by atoms with Gasteiger partial charge in [0.2, 0.25) is 5.91 Å². The highest BCUT2D eigenvalue weighted by Gasteiger charge is 2.21. The lowest BCUT2D eigenvalue weighted by atomic mass is 10.2. The third-order valence-electron chi connectivity index (χ3n) is 4.58. The van der Waals surface area contributed by atoms with E-state index in [1.165, 1.54) is 0 Å². The average Bonchev–Trinajstić information content (AvgIpc) is 2.73. The number of nitrogens with one attached hydrogen (secondary N) is 1. The van der Waals surface area contributed by atoms with Gasteiger partial charge in [0, 0.05) is 36.9 Å². The molecule has 3 N–H and O–H groups in total. The van der Waals surface area contributed by atoms with E-state index in [9.17, 15) is 4.79 Å². The van der Waals surface area contributed by atoms with Crippen molar-refractivity contribution in [1.29, 1.82) is 0 Å². The molecule has 1 heterocycles. The van der Waals surface area contributed by atoms with Gasteiger partial charge in [-0.3, -0.25) is 4.79 Å². The molecule has 9 heteroatoms. The predicted octanol–water partition coefficient (Wildman–Crippen LogP) is 3.04. The van der Waals surface area contributed by atoms with Gasteiger partial charge < -0.3 is 25.6 Å². The van der Waals surface area contributed by atoms with Crippen molar-refractivity contribution in [1.82, 2.24) is 4.90 Å². The van der Waals surface area contributed by atoms with Crippen molar-refractivity contribution < 1.29 is 9.53 Å². The number of amides is 1. The second-order valence-corrected chi connectivity index (χ2v) is 6.81. The summed E-state index contributed by atoms with van der Waals surface area (Å²) in [5, 5.41) is 3.68. The SMILES string of the molecule is COc1ccccc1NC(N)=NCC(=O)N1CCN(c2ccc(Cl)cc2)CC1.I. The smallest absolute Gasteiger partial charge is 0.244 e. The number of para-hydroxylation sites is 2. The summed E-state index contributed by atoms with van der Waals surface area (Å²) >= 11 is 5.94. The number of ether oxygens (including phenoxy) is 1. The lowest BCUT2D eigenvalue weighted by molar-refractivity contribution is -0.129. The van der Waals surface area contributed by atoms with Crippen molar-refractivity contribution in [3.05, 3.63) is 53.6 Å². The first-order valence-electron chi connectivity index (χ1n) is 9.05. The van der Waals surface area contributed by atoms with Gasteiger partial charge in [-0.25, -0.2) is 4.99 Å². The monoisotopic (exact) mass is 529 g/mol. The zero-order valence-corrected chi connectivity index (χ0v) is 19.3. The van der Waals surface area contributed by atoms with Gasteiger partial charge in [-0.1, -0.05) is 23.7 Å². The van der Waals surface area contributed by atoms with Gasteiger partial charge in [0.25, 0.3) is 0 Å². The van der Waals surface area contributed by atoms with E-state index in [2.05, 4.69) is 15.2 Å². The van der Waals surface area contributed by atoms with E-state index in [-0.39, 0.29) is 42.4 Å². The number of anilines is 2. The molecule has 156 valence electrons. The molecule has 0 atom stereocenters. The van der Waals surface area contributed by atoms with Crippen molar-refractivity contribution in [2.75, 3.05) is 50.1 Å². The summed E-state index contributed by atoms with van der Waals surface area (Å²) in [5.74, 6) is 0.795. The van der Waals surface area contributed by atoms with Gasteiger partial charge >= 0.3 is 0 Å². The van der Waals surface area contributed by atoms with Crippen LogP contribution in [0, 0.1) is 0 Å². The van der Waals surface area contributed by atoms with Crippen molar-refractivity contribution in [3.8, 4) is 5.75 Å². The summed E-state index contributed by atoms with van der Waals surface area (Å²) in [6.07, 6.45) is 0. The van der Waals surface area contributed by atoms with E-state index in [4.69, 9.17) is 22.1 Å². The summed E-state index contributed by atoms with van der Waals surface area (Å²) < 4.78 is 5.26. The largest absolute Gasteiger partial charge is 0.495 e. The number of aliphatic imine (C=N–C) groups is 1. The van der Waals surface area contributed by atoms with Crippen LogP contribution in [-0.2, 0) is 4.79 Å². The predicted molar refractivity (Wildman–Crippen MR) is 129 cm³/mol. The van der Waals surface area contributed by atoms with Crippen LogP contribution in [0.1, 0.15) is 0 Å². The first-order valence-corrected chi connectivity index (χ1v) is 9.43. The van der Waals surface area contributed by atoms with Crippen molar-refractivity contribution >= 4 is 58.8 Å². The van der Waals surface area contributed by atoms with E-state index in [1.807, 2.05) is 53.4 Å². The number of carbonyl (C=O) groups excluding carboxylic acids is 1. The average molecular weight is 530 g/mol. The molecule has 1 fully saturated rings. The molecule has 1 saturated heterocycles. The number of benzene rings is 2. The maximum Gasteiger partial charge on any atom is 0.244 e. The van der Waals surface area contributed by atoms with Crippen LogP contribution < -0.4 is 20.7 Å². The number of piperazine rings is 1. The minimum Gasteiger partial charge on any atom is -0.495 e. The Balaban J connectivity index is 0.00000300. The lowest BCUT2D eigenvalue weighted by Gasteiger charge is -2.36. The summed E-state index contributed by atoms with van der Waals surface area (Å²) in [7, 11) is 1.58. The van der Waals surface area contributed by atoms with Crippen LogP contribution in [0.15, 0.2) is 53.5 Å². The van der Waals surface area contributed by atoms with Gasteiger partial charge in [0.15, 0.2) is 5.96 Å². The minimum atomic E-state index is -0.0412. The highest BCUT2D eigenvalue weighted by atomic mass is 127. The van der Waals surface area contributed by atoms with E-state index in [1.54, 1.807) is 7.11 Å². The van der Waals surface area contributed by atoms with Crippen LogP contribution >= 0.6 is 35.6 Å². The van der Waals surface area contributed by atoms with Gasteiger partial charge in [0.05, 0.1) is 12.8 Å². The van der Waals surface area contributed by atoms with Crippen LogP contribution in [0.4, 0.5) is 11.4 Å². The normalized spacial score (nSPS) is 14.2. The topological polar surface area (TPSA) is 83.2 Å². The molecule has 1 aliphatic rings. The summed E-state index contributed by atoms with van der Waals surface area (Å²) in [5.41, 5.74) is 7.73. The second-order valence-electron chi connectivity index (χ2n) is 6.37. The third-order valence-corrected chi connectivity index (χ3v) is 4.83. The number of carbonyl (C=O) groups is 1. The first-order chi connectivity index (χ1) is 13.6. The van der Waals surface area contributed by atoms with Gasteiger partial charge in [-0.15, -0.1) is 24.0 Å². The minimum absolute atomic E-state index is 0. The summed E-state index contributed by atoms with van der Waals surface area (Å²) in [6, 6.07) is 15.1. The number of methoxy groups -OCH3 is 1. The van der Waals surface area contributed by atoms with Crippen LogP contribution in [-0.4, -0.2) is 56.6 Å². The van der Waals surface area contributed by atoms with Crippen molar-refractivity contribution in [2.24, 2.45) is 10.7 Å². The Hall–Kier alpha value is -2.20. The molecule has 7 nitrogen and oxygen atoms in total. The quantitative estimate of drug-likeness (QED) is 0.353. The molecule has 0 spiro atoms. The maximum absolute atomic E-state index is 12.4. The molecule has 0 aromatic heterocycles. The van der Waals surface area contributed by atoms with Gasteiger partial charge in [-0.2, -0.15) is 0 Å². The van der Waals surface area contributed by atoms with Crippen LogP contribution in [0.3, 0.4) is 0 Å². The molecular weight excluding hydrogens is 505 g/mol. The third kappa shape index (κ3) is 6.40. The fourth-order valence-electron chi connectivity index (χ4n) is 3.04. The fraction of sp³-hybridized carbons (Fsp3) is 0.300. The number of nitrogens with two attached hydrogens (primary N) is 1. The lowest BCUT2D eigenvalue weighted by Crippen LogP contribution is -2.49. The van der Waals surface area contributed by atoms with E-state index in [0.717, 1.165) is 23.8 Å². The van der Waals surface area contributed by atoms with Crippen LogP contribution in [0.2, 0.25) is 5.02 Å². The Labute approximate surface area is 192 Å². The molecule has 29 heavy (non-hydrogen) atoms. The Bertz CT molecular complexity index is 839. The van der Waals surface area contributed by atoms with Crippen molar-refractivity contribution in [3.63, 3.8) is 0 Å². The molecule has 1 aliphatic heterocycles. The number of nitrogens with zero attached hydrogens (tertiary/aromatic N) is 3. The molecule has 0 radical (unpaired) electrons. The van der Waals surface area contributed by atoms with E-state index < -0.39 is 0 Å². The van der Waals surface area contributed by atoms with E-state index >= 15 is 0 Å². The molecule has 1 amide bonds. The summed E-state index contributed by atoms with van der Waals surface area (Å²) in [4.78, 5) is 20.7. The van der Waals surface area contributed by atoms with Crippen LogP contribution in [0.25, 0.3) is 0 Å². The molecule has 2 aromatic carbocycles. The molecular formula is C20H25ClIN5O2. The van der Waals surface area contributed by atoms with Gasteiger partial charge in [-0.05, 0) is 36.4 Å². The molecule has 0 saturated carbocycles. The first kappa shape index (κ1) is 23.1. The molecule has 2 aromatic rings. The Kier molecular flexibility index (Phi) is 8.84. The van der Waals surface area contributed by atoms with Crippen LogP contribution in [0.5, 0.6) is 5.75 Å². The Morgan fingerprint density at radius 3 is 2.45 bits per heavy atom. The number of hydrogen-bond donors (Lipinski definition) is 2. The number of guanidine groups is 1. The molecule has 3 rings (SSSR count). The summed E-state index contributed by atoms with van der Waals surface area (Å²) in [6.45, 7) is 2.85. The molecule has 0 aliphatic carbocycles. The Morgan fingerprint density at radius 1 is 1.14 bits per heavy atom. The standard InChI is InChI=1S/C20H24ClN5O2.HI/c1-28-18-5-3-2-4-17(18)24-20(22)23-14-19(27)26-12-10-25(11-13-26)16-8-6-15(21)7-9-16;/h2-9H,10-14H2,1H3,(H3,22,23,24);1H. The van der Waals surface area contributed by atoms with E-state index in [0.29, 0.717) is 24.5 Å². The molecule has 0 bridgehead atoms. The van der Waals surface area contributed by atoms with Gasteiger partial charge in [0.1, 0.15) is 12.3 Å². The zero-order chi connectivity index (χ0) is 19.9. The highest BCUT2D eigenvalue weighted by molar-refractivity contribution is 14.0. The zero-order valence-electron chi connectivity index (χ0n) is 16.2. The second kappa shape index (κ2) is 11.1.